The summed E-state index contributed by atoms with van der Waals surface area (Å²) in [6.45, 7) is 3.82. The number of nitrogens with two attached hydrogens (primary N) is 1. The van der Waals surface area contributed by atoms with E-state index in [1.54, 1.807) is 0 Å². The minimum atomic E-state index is -0.338. The van der Waals surface area contributed by atoms with Crippen molar-refractivity contribution >= 4 is 5.91 Å². The minimum absolute atomic E-state index is 0.275. The summed E-state index contributed by atoms with van der Waals surface area (Å²) in [4.78, 5) is 9.98. The molecule has 0 saturated heterocycles. The van der Waals surface area contributed by atoms with Gasteiger partial charge >= 0.3 is 0 Å². The van der Waals surface area contributed by atoms with Crippen LogP contribution in [0.15, 0.2) is 0 Å². The van der Waals surface area contributed by atoms with Gasteiger partial charge in [0.2, 0.25) is 5.91 Å². The predicted molar refractivity (Wildman–Crippen MR) is 28.3 cm³/mol. The zero-order valence-corrected chi connectivity index (χ0v) is 4.64. The fraction of sp³-hybridized carbons (Fsp3) is 0.600. The van der Waals surface area contributed by atoms with Crippen molar-refractivity contribution in [3.8, 4) is 0 Å². The first-order valence-corrected chi connectivity index (χ1v) is 2.27. The van der Waals surface area contributed by atoms with Crippen LogP contribution in [0.4, 0.5) is 0 Å². The van der Waals surface area contributed by atoms with Crippen LogP contribution in [0.1, 0.15) is 13.8 Å². The molecule has 1 radical (unpaired) electrons. The van der Waals surface area contributed by atoms with Crippen LogP contribution >= 0.6 is 0 Å². The molecule has 0 heterocycles. The van der Waals surface area contributed by atoms with E-state index in [1.807, 2.05) is 13.8 Å². The van der Waals surface area contributed by atoms with E-state index in [1.165, 1.54) is 6.42 Å². The zero-order valence-electron chi connectivity index (χ0n) is 4.64. The molecule has 41 valence electrons. The Balaban J connectivity index is 3.13. The lowest BCUT2D eigenvalue weighted by molar-refractivity contribution is -0.115. The second-order valence-corrected chi connectivity index (χ2v) is 1.81. The van der Waals surface area contributed by atoms with Crippen LogP contribution in [0, 0.1) is 12.3 Å². The van der Waals surface area contributed by atoms with Gasteiger partial charge in [-0.2, -0.15) is 0 Å². The Morgan fingerprint density at radius 1 is 1.71 bits per heavy atom. The first-order chi connectivity index (χ1) is 3.13. The molecule has 0 bridgehead atoms. The van der Waals surface area contributed by atoms with Crippen LogP contribution in [-0.4, -0.2) is 5.91 Å². The lowest BCUT2D eigenvalue weighted by atomic mass is 10.1. The maximum absolute atomic E-state index is 9.98. The van der Waals surface area contributed by atoms with E-state index in [4.69, 9.17) is 5.73 Å². The van der Waals surface area contributed by atoms with Gasteiger partial charge in [-0.25, -0.2) is 0 Å². The highest BCUT2D eigenvalue weighted by atomic mass is 16.1. The van der Waals surface area contributed by atoms with E-state index < -0.39 is 0 Å². The van der Waals surface area contributed by atoms with Crippen molar-refractivity contribution in [1.82, 2.24) is 0 Å². The predicted octanol–water partition coefficient (Wildman–Crippen LogP) is 0.332. The summed E-state index contributed by atoms with van der Waals surface area (Å²) in [6.07, 6.45) is 1.47. The van der Waals surface area contributed by atoms with Crippen LogP contribution in [0.5, 0.6) is 0 Å². The number of hydrogen-bond acceptors (Lipinski definition) is 1. The maximum Gasteiger partial charge on any atom is 0.221 e. The van der Waals surface area contributed by atoms with Crippen molar-refractivity contribution in [3.05, 3.63) is 6.42 Å². The van der Waals surface area contributed by atoms with Crippen LogP contribution in [0.3, 0.4) is 0 Å². The summed E-state index contributed by atoms with van der Waals surface area (Å²) in [7, 11) is 0. The van der Waals surface area contributed by atoms with Crippen LogP contribution < -0.4 is 5.73 Å². The Kier molecular flexibility index (Phi) is 2.41. The number of carbonyl (C=O) groups excluding carboxylic acids is 1. The molecule has 0 spiro atoms. The standard InChI is InChI=1S/C5H10NO/c1-4(2)3-5(6)7/h3-4H,1-2H3,(H2,6,7). The quantitative estimate of drug-likeness (QED) is 0.534. The minimum Gasteiger partial charge on any atom is -0.369 e. The van der Waals surface area contributed by atoms with Gasteiger partial charge < -0.3 is 5.73 Å². The van der Waals surface area contributed by atoms with Gasteiger partial charge in [0.25, 0.3) is 0 Å². The molecule has 0 unspecified atom stereocenters. The number of amides is 1. The van der Waals surface area contributed by atoms with Gasteiger partial charge in [-0.3, -0.25) is 4.79 Å². The average Bonchev–Trinajstić information content (AvgIpc) is 1.27. The largest absolute Gasteiger partial charge is 0.369 e. The Bertz CT molecular complexity index is 68.5. The Labute approximate surface area is 43.7 Å². The summed E-state index contributed by atoms with van der Waals surface area (Å²) in [5.41, 5.74) is 4.80. The molecule has 0 aromatic rings. The smallest absolute Gasteiger partial charge is 0.221 e. The number of primary amides is 1. The van der Waals surface area contributed by atoms with Crippen molar-refractivity contribution in [2.24, 2.45) is 11.7 Å². The fourth-order valence-corrected chi connectivity index (χ4v) is 0.329. The molecule has 0 atom stereocenters. The normalized spacial score (nSPS) is 9.57. The fourth-order valence-electron chi connectivity index (χ4n) is 0.329. The molecule has 0 aliphatic rings. The number of carbonyl (C=O) groups is 1. The van der Waals surface area contributed by atoms with Gasteiger partial charge in [0.1, 0.15) is 0 Å². The van der Waals surface area contributed by atoms with E-state index in [0.29, 0.717) is 0 Å². The van der Waals surface area contributed by atoms with Crippen LogP contribution in [0.25, 0.3) is 0 Å². The lowest BCUT2D eigenvalue weighted by Crippen LogP contribution is -2.13. The Hall–Kier alpha value is -0.530. The van der Waals surface area contributed by atoms with Crippen molar-refractivity contribution in [2.45, 2.75) is 13.8 Å². The molecule has 0 saturated carbocycles. The first kappa shape index (κ1) is 6.47. The van der Waals surface area contributed by atoms with Crippen molar-refractivity contribution in [1.29, 1.82) is 0 Å². The SMILES string of the molecule is CC(C)[CH]C(N)=O. The highest BCUT2D eigenvalue weighted by Crippen LogP contribution is 1.93. The highest BCUT2D eigenvalue weighted by molar-refractivity contribution is 5.82. The lowest BCUT2D eigenvalue weighted by Gasteiger charge is -1.94. The Morgan fingerprint density at radius 3 is 2.14 bits per heavy atom. The highest BCUT2D eigenvalue weighted by Gasteiger charge is 1.96. The molecule has 0 aromatic heterocycles. The summed E-state index contributed by atoms with van der Waals surface area (Å²) < 4.78 is 0. The number of hydrogen-bond donors (Lipinski definition) is 1. The molecule has 0 aliphatic carbocycles. The Morgan fingerprint density at radius 2 is 2.14 bits per heavy atom. The van der Waals surface area contributed by atoms with Gasteiger partial charge in [-0.05, 0) is 5.92 Å². The average molecular weight is 100 g/mol. The van der Waals surface area contributed by atoms with Crippen LogP contribution in [0.2, 0.25) is 0 Å². The van der Waals surface area contributed by atoms with E-state index in [-0.39, 0.29) is 11.8 Å². The second-order valence-electron chi connectivity index (χ2n) is 1.81. The number of rotatable bonds is 2. The van der Waals surface area contributed by atoms with Gasteiger partial charge in [0.05, 0.1) is 6.42 Å². The summed E-state index contributed by atoms with van der Waals surface area (Å²) in [5.74, 6) is -0.0625. The third-order valence-electron chi connectivity index (χ3n) is 0.498. The molecule has 2 nitrogen and oxygen atoms in total. The monoisotopic (exact) mass is 100 g/mol. The summed E-state index contributed by atoms with van der Waals surface area (Å²) >= 11 is 0. The molecular weight excluding hydrogens is 90.1 g/mol. The van der Waals surface area contributed by atoms with Crippen molar-refractivity contribution < 1.29 is 4.79 Å². The van der Waals surface area contributed by atoms with Gasteiger partial charge in [-0.15, -0.1) is 0 Å². The molecule has 1 amide bonds. The third-order valence-corrected chi connectivity index (χ3v) is 0.498. The zero-order chi connectivity index (χ0) is 5.86. The molecule has 0 fully saturated rings. The van der Waals surface area contributed by atoms with Gasteiger partial charge in [0.15, 0.2) is 0 Å². The third kappa shape index (κ3) is 5.47. The molecule has 2 N–H and O–H groups in total. The van der Waals surface area contributed by atoms with Gasteiger partial charge in [-0.1, -0.05) is 13.8 Å². The summed E-state index contributed by atoms with van der Waals surface area (Å²) in [6, 6.07) is 0. The first-order valence-electron chi connectivity index (χ1n) is 2.27. The van der Waals surface area contributed by atoms with Gasteiger partial charge in [0, 0.05) is 0 Å². The molecule has 0 aliphatic heterocycles. The molecule has 2 heteroatoms. The maximum atomic E-state index is 9.98. The van der Waals surface area contributed by atoms with Crippen molar-refractivity contribution in [3.63, 3.8) is 0 Å². The van der Waals surface area contributed by atoms with E-state index in [0.717, 1.165) is 0 Å². The molecular formula is C5H10NO. The van der Waals surface area contributed by atoms with E-state index in [2.05, 4.69) is 0 Å². The van der Waals surface area contributed by atoms with Crippen molar-refractivity contribution in [2.75, 3.05) is 0 Å². The molecule has 7 heavy (non-hydrogen) atoms. The molecule has 0 aromatic carbocycles. The topological polar surface area (TPSA) is 43.1 Å². The van der Waals surface area contributed by atoms with Crippen LogP contribution in [-0.2, 0) is 4.79 Å². The van der Waals surface area contributed by atoms with E-state index >= 15 is 0 Å². The summed E-state index contributed by atoms with van der Waals surface area (Å²) in [5, 5.41) is 0. The second kappa shape index (κ2) is 2.61. The van der Waals surface area contributed by atoms with E-state index in [9.17, 15) is 4.79 Å². The molecule has 0 rings (SSSR count).